The number of halogens is 1. The standard InChI is InChI=1S/C18H16ClN3O2S/c1-24-15-5-3-4-12(10-15)16-11-17(22-18(21-16)25(2)23)20-14-8-6-13(19)7-9-14/h3-11H,1-2H3,(H,20,21,22). The van der Waals surface area contributed by atoms with Crippen LogP contribution in [-0.4, -0.2) is 27.5 Å². The Balaban J connectivity index is 2.02. The lowest BCUT2D eigenvalue weighted by molar-refractivity contribution is 0.415. The zero-order valence-corrected chi connectivity index (χ0v) is 15.3. The first-order valence-corrected chi connectivity index (χ1v) is 9.38. The van der Waals surface area contributed by atoms with Crippen molar-refractivity contribution in [1.29, 1.82) is 0 Å². The van der Waals surface area contributed by atoms with Gasteiger partial charge in [-0.2, -0.15) is 0 Å². The molecule has 0 aliphatic heterocycles. The normalized spacial score (nSPS) is 11.8. The monoisotopic (exact) mass is 373 g/mol. The Kier molecular flexibility index (Phi) is 5.31. The van der Waals surface area contributed by atoms with E-state index in [1.54, 1.807) is 31.6 Å². The molecule has 1 aromatic heterocycles. The van der Waals surface area contributed by atoms with Crippen LogP contribution in [0, 0.1) is 0 Å². The number of hydrogen-bond donors (Lipinski definition) is 1. The van der Waals surface area contributed by atoms with Crippen LogP contribution in [0.2, 0.25) is 5.02 Å². The first-order valence-electron chi connectivity index (χ1n) is 7.44. The fraction of sp³-hybridized carbons (Fsp3) is 0.111. The second-order valence-corrected chi connectivity index (χ2v) is 6.95. The van der Waals surface area contributed by atoms with Crippen LogP contribution in [0.1, 0.15) is 0 Å². The van der Waals surface area contributed by atoms with E-state index in [1.807, 2.05) is 36.4 Å². The van der Waals surface area contributed by atoms with Crippen LogP contribution in [0.5, 0.6) is 5.75 Å². The van der Waals surface area contributed by atoms with Crippen LogP contribution in [0.25, 0.3) is 11.3 Å². The number of benzene rings is 2. The quantitative estimate of drug-likeness (QED) is 0.676. The Labute approximate surface area is 153 Å². The highest BCUT2D eigenvalue weighted by Crippen LogP contribution is 2.26. The van der Waals surface area contributed by atoms with Crippen molar-refractivity contribution in [3.8, 4) is 17.0 Å². The van der Waals surface area contributed by atoms with Crippen molar-refractivity contribution in [3.05, 3.63) is 59.6 Å². The number of ether oxygens (including phenoxy) is 1. The smallest absolute Gasteiger partial charge is 0.220 e. The molecular weight excluding hydrogens is 358 g/mol. The molecule has 0 saturated carbocycles. The number of rotatable bonds is 5. The Morgan fingerprint density at radius 2 is 1.84 bits per heavy atom. The van der Waals surface area contributed by atoms with E-state index in [1.165, 1.54) is 0 Å². The summed E-state index contributed by atoms with van der Waals surface area (Å²) in [6.07, 6.45) is 1.55. The van der Waals surface area contributed by atoms with Crippen LogP contribution in [0.3, 0.4) is 0 Å². The third-order valence-corrected chi connectivity index (χ3v) is 4.39. The Bertz CT molecular complexity index is 916. The molecule has 7 heteroatoms. The van der Waals surface area contributed by atoms with Crippen LogP contribution < -0.4 is 10.1 Å². The van der Waals surface area contributed by atoms with Gasteiger partial charge in [-0.25, -0.2) is 9.97 Å². The molecule has 128 valence electrons. The van der Waals surface area contributed by atoms with Gasteiger partial charge in [-0.1, -0.05) is 23.7 Å². The summed E-state index contributed by atoms with van der Waals surface area (Å²) in [6.45, 7) is 0. The SMILES string of the molecule is COc1cccc(-c2cc(Nc3ccc(Cl)cc3)nc(S(C)=O)n2)c1. The van der Waals surface area contributed by atoms with Crippen LogP contribution in [-0.2, 0) is 10.8 Å². The Hall–Kier alpha value is -2.44. The van der Waals surface area contributed by atoms with Gasteiger partial charge in [0.1, 0.15) is 11.6 Å². The van der Waals surface area contributed by atoms with Crippen LogP contribution in [0.4, 0.5) is 11.5 Å². The van der Waals surface area contributed by atoms with Crippen LogP contribution in [0.15, 0.2) is 59.8 Å². The van der Waals surface area contributed by atoms with Gasteiger partial charge in [-0.3, -0.25) is 4.21 Å². The molecule has 1 heterocycles. The predicted molar refractivity (Wildman–Crippen MR) is 101 cm³/mol. The molecule has 0 saturated heterocycles. The maximum Gasteiger partial charge on any atom is 0.220 e. The van der Waals surface area contributed by atoms with E-state index >= 15 is 0 Å². The van der Waals surface area contributed by atoms with Crippen molar-refractivity contribution >= 4 is 33.9 Å². The number of anilines is 2. The number of methoxy groups -OCH3 is 1. The van der Waals surface area contributed by atoms with E-state index < -0.39 is 10.8 Å². The maximum absolute atomic E-state index is 11.9. The second kappa shape index (κ2) is 7.63. The summed E-state index contributed by atoms with van der Waals surface area (Å²) in [6, 6.07) is 16.6. The minimum Gasteiger partial charge on any atom is -0.497 e. The van der Waals surface area contributed by atoms with Gasteiger partial charge in [-0.05, 0) is 36.4 Å². The topological polar surface area (TPSA) is 64.1 Å². The summed E-state index contributed by atoms with van der Waals surface area (Å²) in [4.78, 5) is 8.74. The molecular formula is C18H16ClN3O2S. The van der Waals surface area contributed by atoms with E-state index in [0.717, 1.165) is 17.0 Å². The van der Waals surface area contributed by atoms with Gasteiger partial charge in [0, 0.05) is 28.6 Å². The lowest BCUT2D eigenvalue weighted by atomic mass is 10.1. The predicted octanol–water partition coefficient (Wildman–Crippen LogP) is 4.29. The van der Waals surface area contributed by atoms with E-state index in [4.69, 9.17) is 16.3 Å². The summed E-state index contributed by atoms with van der Waals surface area (Å²) in [7, 11) is 0.304. The number of hydrogen-bond acceptors (Lipinski definition) is 5. The molecule has 0 fully saturated rings. The molecule has 1 unspecified atom stereocenters. The average Bonchev–Trinajstić information content (AvgIpc) is 2.63. The average molecular weight is 374 g/mol. The van der Waals surface area contributed by atoms with Gasteiger partial charge >= 0.3 is 0 Å². The minimum absolute atomic E-state index is 0.261. The summed E-state index contributed by atoms with van der Waals surface area (Å²) in [5, 5.41) is 4.10. The zero-order valence-electron chi connectivity index (χ0n) is 13.7. The molecule has 0 aliphatic carbocycles. The first-order chi connectivity index (χ1) is 12.0. The molecule has 25 heavy (non-hydrogen) atoms. The lowest BCUT2D eigenvalue weighted by Crippen LogP contribution is -2.03. The van der Waals surface area contributed by atoms with Gasteiger partial charge in [0.2, 0.25) is 5.16 Å². The van der Waals surface area contributed by atoms with E-state index in [0.29, 0.717) is 16.5 Å². The first kappa shape index (κ1) is 17.4. The van der Waals surface area contributed by atoms with Gasteiger partial charge in [0.15, 0.2) is 0 Å². The third-order valence-electron chi connectivity index (χ3n) is 3.44. The molecule has 0 bridgehead atoms. The Morgan fingerprint density at radius 3 is 2.52 bits per heavy atom. The van der Waals surface area contributed by atoms with Gasteiger partial charge in [0.05, 0.1) is 23.6 Å². The summed E-state index contributed by atoms with van der Waals surface area (Å²) in [5.74, 6) is 1.28. The van der Waals surface area contributed by atoms with Gasteiger partial charge in [0.25, 0.3) is 0 Å². The highest BCUT2D eigenvalue weighted by Gasteiger charge is 2.10. The number of aromatic nitrogens is 2. The summed E-state index contributed by atoms with van der Waals surface area (Å²) < 4.78 is 17.2. The van der Waals surface area contributed by atoms with E-state index in [9.17, 15) is 4.21 Å². The second-order valence-electron chi connectivity index (χ2n) is 5.24. The lowest BCUT2D eigenvalue weighted by Gasteiger charge is -2.10. The largest absolute Gasteiger partial charge is 0.497 e. The van der Waals surface area contributed by atoms with Crippen LogP contribution >= 0.6 is 11.6 Å². The molecule has 0 spiro atoms. The highest BCUT2D eigenvalue weighted by atomic mass is 35.5. The number of nitrogens with zero attached hydrogens (tertiary/aromatic N) is 2. The molecule has 1 N–H and O–H groups in total. The van der Waals surface area contributed by atoms with E-state index in [2.05, 4.69) is 15.3 Å². The molecule has 0 aliphatic rings. The zero-order chi connectivity index (χ0) is 17.8. The highest BCUT2D eigenvalue weighted by molar-refractivity contribution is 7.84. The Morgan fingerprint density at radius 1 is 1.08 bits per heavy atom. The van der Waals surface area contributed by atoms with Gasteiger partial charge in [-0.15, -0.1) is 0 Å². The fourth-order valence-electron chi connectivity index (χ4n) is 2.23. The molecule has 3 aromatic rings. The summed E-state index contributed by atoms with van der Waals surface area (Å²) in [5.41, 5.74) is 2.34. The fourth-order valence-corrected chi connectivity index (χ4v) is 2.81. The number of nitrogens with one attached hydrogen (secondary N) is 1. The molecule has 3 rings (SSSR count). The molecule has 2 aromatic carbocycles. The van der Waals surface area contributed by atoms with Crippen molar-refractivity contribution in [2.75, 3.05) is 18.7 Å². The molecule has 1 atom stereocenters. The van der Waals surface area contributed by atoms with Crippen molar-refractivity contribution < 1.29 is 8.95 Å². The van der Waals surface area contributed by atoms with Crippen molar-refractivity contribution in [2.45, 2.75) is 5.16 Å². The summed E-state index contributed by atoms with van der Waals surface area (Å²) >= 11 is 5.91. The van der Waals surface area contributed by atoms with Crippen molar-refractivity contribution in [2.24, 2.45) is 0 Å². The molecule has 0 amide bonds. The van der Waals surface area contributed by atoms with Crippen molar-refractivity contribution in [3.63, 3.8) is 0 Å². The maximum atomic E-state index is 11.9. The third kappa shape index (κ3) is 4.35. The minimum atomic E-state index is -1.31. The van der Waals surface area contributed by atoms with Crippen molar-refractivity contribution in [1.82, 2.24) is 9.97 Å². The van der Waals surface area contributed by atoms with Gasteiger partial charge < -0.3 is 10.1 Å². The molecule has 5 nitrogen and oxygen atoms in total. The molecule has 0 radical (unpaired) electrons. The van der Waals surface area contributed by atoms with E-state index in [-0.39, 0.29) is 5.16 Å².